The van der Waals surface area contributed by atoms with Gasteiger partial charge < -0.3 is 4.74 Å². The van der Waals surface area contributed by atoms with Crippen molar-refractivity contribution in [1.82, 2.24) is 5.32 Å². The molecule has 1 N–H and O–H groups in total. The molecule has 2 rings (SSSR count). The lowest BCUT2D eigenvalue weighted by Gasteiger charge is -2.17. The van der Waals surface area contributed by atoms with Gasteiger partial charge in [0.1, 0.15) is 11.9 Å². The van der Waals surface area contributed by atoms with Crippen molar-refractivity contribution in [2.75, 3.05) is 7.11 Å². The molecule has 1 heterocycles. The number of benzene rings is 1. The molecule has 0 aliphatic rings. The standard InChI is InChI=1S/C14H14FNO2S/c1-18-14(17)13(11-6-2-3-7-12(11)15)16-9-10-5-4-8-19-10/h2-8,13,16H,9H2,1H3. The number of esters is 1. The lowest BCUT2D eigenvalue weighted by Crippen LogP contribution is -2.29. The third-order valence-corrected chi connectivity index (χ3v) is 3.59. The summed E-state index contributed by atoms with van der Waals surface area (Å²) in [5.74, 6) is -0.918. The summed E-state index contributed by atoms with van der Waals surface area (Å²) in [4.78, 5) is 12.9. The largest absolute Gasteiger partial charge is 0.468 e. The summed E-state index contributed by atoms with van der Waals surface area (Å²) in [5, 5.41) is 4.98. The summed E-state index contributed by atoms with van der Waals surface area (Å²) in [7, 11) is 1.29. The van der Waals surface area contributed by atoms with Crippen LogP contribution in [0.5, 0.6) is 0 Å². The molecule has 100 valence electrons. The first kappa shape index (κ1) is 13.7. The van der Waals surface area contributed by atoms with Crippen LogP contribution in [0.2, 0.25) is 0 Å². The smallest absolute Gasteiger partial charge is 0.327 e. The van der Waals surface area contributed by atoms with Crippen molar-refractivity contribution in [3.63, 3.8) is 0 Å². The van der Waals surface area contributed by atoms with Crippen molar-refractivity contribution < 1.29 is 13.9 Å². The molecular formula is C14H14FNO2S. The van der Waals surface area contributed by atoms with Gasteiger partial charge in [0, 0.05) is 17.0 Å². The van der Waals surface area contributed by atoms with Gasteiger partial charge in [-0.15, -0.1) is 11.3 Å². The van der Waals surface area contributed by atoms with Gasteiger partial charge in [-0.1, -0.05) is 24.3 Å². The van der Waals surface area contributed by atoms with E-state index in [4.69, 9.17) is 4.74 Å². The highest BCUT2D eigenvalue weighted by Gasteiger charge is 2.23. The average Bonchev–Trinajstić information content (AvgIpc) is 2.93. The molecule has 0 aliphatic heterocycles. The van der Waals surface area contributed by atoms with E-state index in [2.05, 4.69) is 5.32 Å². The maximum absolute atomic E-state index is 13.8. The monoisotopic (exact) mass is 279 g/mol. The van der Waals surface area contributed by atoms with Crippen LogP contribution in [0, 0.1) is 5.82 Å². The Bertz CT molecular complexity index is 542. The molecule has 19 heavy (non-hydrogen) atoms. The molecule has 5 heteroatoms. The summed E-state index contributed by atoms with van der Waals surface area (Å²) in [6.45, 7) is 0.492. The summed E-state index contributed by atoms with van der Waals surface area (Å²) >= 11 is 1.58. The van der Waals surface area contributed by atoms with Crippen LogP contribution in [0.15, 0.2) is 41.8 Å². The number of methoxy groups -OCH3 is 1. The van der Waals surface area contributed by atoms with Gasteiger partial charge in [0.2, 0.25) is 0 Å². The van der Waals surface area contributed by atoms with Gasteiger partial charge in [0.05, 0.1) is 7.11 Å². The van der Waals surface area contributed by atoms with Crippen LogP contribution >= 0.6 is 11.3 Å². The van der Waals surface area contributed by atoms with Crippen LogP contribution in [0.25, 0.3) is 0 Å². The Morgan fingerprint density at radius 1 is 1.37 bits per heavy atom. The minimum absolute atomic E-state index is 0.297. The Labute approximate surface area is 115 Å². The summed E-state index contributed by atoms with van der Waals surface area (Å²) in [6.07, 6.45) is 0. The molecule has 0 spiro atoms. The third kappa shape index (κ3) is 3.39. The van der Waals surface area contributed by atoms with Crippen molar-refractivity contribution in [2.24, 2.45) is 0 Å². The number of halogens is 1. The van der Waals surface area contributed by atoms with Crippen molar-refractivity contribution in [3.05, 3.63) is 58.0 Å². The molecular weight excluding hydrogens is 265 g/mol. The Hall–Kier alpha value is -1.72. The zero-order chi connectivity index (χ0) is 13.7. The van der Waals surface area contributed by atoms with Crippen LogP contribution in [-0.4, -0.2) is 13.1 Å². The van der Waals surface area contributed by atoms with E-state index in [1.807, 2.05) is 17.5 Å². The highest BCUT2D eigenvalue weighted by Crippen LogP contribution is 2.19. The number of carbonyl (C=O) groups excluding carboxylic acids is 1. The number of carbonyl (C=O) groups is 1. The molecule has 0 radical (unpaired) electrons. The summed E-state index contributed by atoms with van der Waals surface area (Å²) in [5.41, 5.74) is 0.297. The van der Waals surface area contributed by atoms with E-state index >= 15 is 0 Å². The highest BCUT2D eigenvalue weighted by molar-refractivity contribution is 7.09. The van der Waals surface area contributed by atoms with Crippen molar-refractivity contribution in [1.29, 1.82) is 0 Å². The van der Waals surface area contributed by atoms with Crippen molar-refractivity contribution >= 4 is 17.3 Å². The van der Waals surface area contributed by atoms with Crippen molar-refractivity contribution in [3.8, 4) is 0 Å². The number of nitrogens with one attached hydrogen (secondary N) is 1. The minimum Gasteiger partial charge on any atom is -0.468 e. The number of rotatable bonds is 5. The van der Waals surface area contributed by atoms with Gasteiger partial charge in [-0.05, 0) is 17.5 Å². The fourth-order valence-electron chi connectivity index (χ4n) is 1.76. The fourth-order valence-corrected chi connectivity index (χ4v) is 2.42. The summed E-state index contributed by atoms with van der Waals surface area (Å²) in [6, 6.07) is 9.28. The maximum atomic E-state index is 13.8. The second kappa shape index (κ2) is 6.45. The normalized spacial score (nSPS) is 12.1. The molecule has 0 amide bonds. The van der Waals surface area contributed by atoms with Gasteiger partial charge in [0.25, 0.3) is 0 Å². The van der Waals surface area contributed by atoms with E-state index < -0.39 is 17.8 Å². The van der Waals surface area contributed by atoms with Gasteiger partial charge in [0.15, 0.2) is 0 Å². The van der Waals surface area contributed by atoms with Crippen LogP contribution in [0.4, 0.5) is 4.39 Å². The second-order valence-electron chi connectivity index (χ2n) is 3.94. The van der Waals surface area contributed by atoms with Gasteiger partial charge >= 0.3 is 5.97 Å². The lowest BCUT2D eigenvalue weighted by atomic mass is 10.1. The van der Waals surface area contributed by atoms with Gasteiger partial charge in [-0.25, -0.2) is 9.18 Å². The fraction of sp³-hybridized carbons (Fsp3) is 0.214. The third-order valence-electron chi connectivity index (χ3n) is 2.71. The topological polar surface area (TPSA) is 38.3 Å². The molecule has 1 unspecified atom stereocenters. The van der Waals surface area contributed by atoms with E-state index in [1.165, 1.54) is 13.2 Å². The van der Waals surface area contributed by atoms with E-state index in [1.54, 1.807) is 29.5 Å². The number of thiophene rings is 1. The molecule has 1 atom stereocenters. The molecule has 0 fully saturated rings. The number of ether oxygens (including phenoxy) is 1. The highest BCUT2D eigenvalue weighted by atomic mass is 32.1. The van der Waals surface area contributed by atoms with Crippen LogP contribution in [0.1, 0.15) is 16.5 Å². The Morgan fingerprint density at radius 3 is 2.79 bits per heavy atom. The molecule has 2 aromatic rings. The lowest BCUT2D eigenvalue weighted by molar-refractivity contribution is -0.143. The Kier molecular flexibility index (Phi) is 4.65. The molecule has 1 aromatic carbocycles. The van der Waals surface area contributed by atoms with Crippen LogP contribution < -0.4 is 5.32 Å². The first-order valence-electron chi connectivity index (χ1n) is 5.80. The first-order valence-corrected chi connectivity index (χ1v) is 6.68. The number of hydrogen-bond donors (Lipinski definition) is 1. The predicted molar refractivity (Wildman–Crippen MR) is 72.3 cm³/mol. The Morgan fingerprint density at radius 2 is 2.16 bits per heavy atom. The molecule has 0 aliphatic carbocycles. The molecule has 0 saturated carbocycles. The summed E-state index contributed by atoms with van der Waals surface area (Å²) < 4.78 is 18.5. The van der Waals surface area contributed by atoms with E-state index in [0.29, 0.717) is 12.1 Å². The predicted octanol–water partition coefficient (Wildman–Crippen LogP) is 2.89. The van der Waals surface area contributed by atoms with Crippen LogP contribution in [-0.2, 0) is 16.1 Å². The van der Waals surface area contributed by atoms with Crippen LogP contribution in [0.3, 0.4) is 0 Å². The molecule has 3 nitrogen and oxygen atoms in total. The first-order chi connectivity index (χ1) is 9.22. The molecule has 0 bridgehead atoms. The zero-order valence-corrected chi connectivity index (χ0v) is 11.2. The van der Waals surface area contributed by atoms with E-state index in [9.17, 15) is 9.18 Å². The second-order valence-corrected chi connectivity index (χ2v) is 4.97. The SMILES string of the molecule is COC(=O)C(NCc1cccs1)c1ccccc1F. The minimum atomic E-state index is -0.798. The van der Waals surface area contributed by atoms with Gasteiger partial charge in [-0.2, -0.15) is 0 Å². The molecule has 0 saturated heterocycles. The average molecular weight is 279 g/mol. The quantitative estimate of drug-likeness (QED) is 0.855. The van der Waals surface area contributed by atoms with E-state index in [-0.39, 0.29) is 0 Å². The van der Waals surface area contributed by atoms with E-state index in [0.717, 1.165) is 4.88 Å². The maximum Gasteiger partial charge on any atom is 0.327 e. The van der Waals surface area contributed by atoms with Gasteiger partial charge in [-0.3, -0.25) is 5.32 Å². The number of hydrogen-bond acceptors (Lipinski definition) is 4. The molecule has 1 aromatic heterocycles. The Balaban J connectivity index is 2.17. The van der Waals surface area contributed by atoms with Crippen molar-refractivity contribution in [2.45, 2.75) is 12.6 Å². The zero-order valence-electron chi connectivity index (χ0n) is 10.4.